The highest BCUT2D eigenvalue weighted by molar-refractivity contribution is 14.0. The van der Waals surface area contributed by atoms with Crippen LogP contribution in [0.1, 0.15) is 44.2 Å². The van der Waals surface area contributed by atoms with Crippen LogP contribution in [0.5, 0.6) is 0 Å². The molecule has 1 aliphatic rings. The van der Waals surface area contributed by atoms with Crippen molar-refractivity contribution < 1.29 is 9.90 Å². The second kappa shape index (κ2) is 13.8. The number of guanidine groups is 1. The first-order valence-corrected chi connectivity index (χ1v) is 10.2. The van der Waals surface area contributed by atoms with Gasteiger partial charge in [-0.2, -0.15) is 0 Å². The number of carbonyl (C=O) groups is 1. The number of hydrogen-bond acceptors (Lipinski definition) is 3. The summed E-state index contributed by atoms with van der Waals surface area (Å²) in [6, 6.07) is 8.31. The third-order valence-corrected chi connectivity index (χ3v) is 4.99. The Bertz CT molecular complexity index is 618. The number of aliphatic imine (C=N–C) groups is 1. The molecule has 1 amide bonds. The predicted octanol–water partition coefficient (Wildman–Crippen LogP) is 2.54. The van der Waals surface area contributed by atoms with Crippen molar-refractivity contribution in [3.63, 3.8) is 0 Å². The zero-order valence-corrected chi connectivity index (χ0v) is 19.4. The Morgan fingerprint density at radius 2 is 1.96 bits per heavy atom. The van der Waals surface area contributed by atoms with E-state index in [1.807, 2.05) is 17.9 Å². The molecule has 0 aliphatic carbocycles. The van der Waals surface area contributed by atoms with E-state index in [0.29, 0.717) is 18.4 Å². The van der Waals surface area contributed by atoms with Crippen LogP contribution in [0.4, 0.5) is 0 Å². The van der Waals surface area contributed by atoms with Crippen LogP contribution in [0.15, 0.2) is 29.3 Å². The summed E-state index contributed by atoms with van der Waals surface area (Å²) in [6.07, 6.45) is 3.85. The minimum absolute atomic E-state index is 0. The summed E-state index contributed by atoms with van der Waals surface area (Å²) in [5.74, 6) is 1.14. The maximum atomic E-state index is 12.6. The fourth-order valence-electron chi connectivity index (χ4n) is 3.48. The zero-order chi connectivity index (χ0) is 19.5. The summed E-state index contributed by atoms with van der Waals surface area (Å²) in [4.78, 5) is 19.0. The third kappa shape index (κ3) is 7.95. The van der Waals surface area contributed by atoms with Gasteiger partial charge in [0, 0.05) is 32.8 Å². The van der Waals surface area contributed by atoms with Gasteiger partial charge in [0.1, 0.15) is 6.54 Å². The van der Waals surface area contributed by atoms with E-state index in [1.54, 1.807) is 0 Å². The average molecular weight is 502 g/mol. The quantitative estimate of drug-likeness (QED) is 0.276. The molecule has 0 bridgehead atoms. The lowest BCUT2D eigenvalue weighted by atomic mass is 10.00. The molecule has 7 heteroatoms. The maximum absolute atomic E-state index is 12.6. The fraction of sp³-hybridized carbons (Fsp3) is 0.619. The van der Waals surface area contributed by atoms with Gasteiger partial charge in [-0.1, -0.05) is 37.6 Å². The molecule has 0 aromatic heterocycles. The molecule has 2 rings (SSSR count). The van der Waals surface area contributed by atoms with Crippen LogP contribution in [-0.4, -0.2) is 54.7 Å². The summed E-state index contributed by atoms with van der Waals surface area (Å²) in [5.41, 5.74) is 2.57. The molecule has 3 N–H and O–H groups in total. The van der Waals surface area contributed by atoms with E-state index in [4.69, 9.17) is 0 Å². The highest BCUT2D eigenvalue weighted by Gasteiger charge is 2.20. The van der Waals surface area contributed by atoms with Gasteiger partial charge in [0.05, 0.1) is 0 Å². The van der Waals surface area contributed by atoms with Crippen LogP contribution in [0.25, 0.3) is 0 Å². The third-order valence-electron chi connectivity index (χ3n) is 4.99. The van der Waals surface area contributed by atoms with E-state index in [9.17, 15) is 9.90 Å². The second-order valence-electron chi connectivity index (χ2n) is 7.08. The van der Waals surface area contributed by atoms with Crippen molar-refractivity contribution >= 4 is 35.8 Å². The van der Waals surface area contributed by atoms with E-state index in [2.05, 4.69) is 40.7 Å². The zero-order valence-electron chi connectivity index (χ0n) is 17.1. The highest BCUT2D eigenvalue weighted by Crippen LogP contribution is 2.18. The Hall–Kier alpha value is -1.35. The first-order valence-electron chi connectivity index (χ1n) is 10.2. The lowest BCUT2D eigenvalue weighted by Crippen LogP contribution is -2.42. The van der Waals surface area contributed by atoms with Crippen LogP contribution in [0, 0.1) is 5.92 Å². The molecule has 0 radical (unpaired) electrons. The molecule has 158 valence electrons. The largest absolute Gasteiger partial charge is 0.396 e. The molecule has 0 spiro atoms. The van der Waals surface area contributed by atoms with Gasteiger partial charge in [-0.3, -0.25) is 4.79 Å². The Kier molecular flexibility index (Phi) is 12.1. The molecule has 0 saturated heterocycles. The molecule has 1 aromatic carbocycles. The number of fused-ring (bicyclic) bond motifs is 1. The highest BCUT2D eigenvalue weighted by atomic mass is 127. The molecular weight excluding hydrogens is 467 g/mol. The van der Waals surface area contributed by atoms with E-state index < -0.39 is 0 Å². The SMILES string of the molecule is CCCC(CCO)CNC(=NCC(=O)N1CCc2ccccc2C1)NCC.I. The van der Waals surface area contributed by atoms with Crippen molar-refractivity contribution in [3.8, 4) is 0 Å². The Balaban J connectivity index is 0.00000392. The number of aliphatic hydroxyl groups excluding tert-OH is 1. The van der Waals surface area contributed by atoms with E-state index in [0.717, 1.165) is 45.3 Å². The van der Waals surface area contributed by atoms with Crippen molar-refractivity contribution in [3.05, 3.63) is 35.4 Å². The van der Waals surface area contributed by atoms with Crippen LogP contribution in [0.2, 0.25) is 0 Å². The molecule has 28 heavy (non-hydrogen) atoms. The normalized spacial score (nSPS) is 14.7. The number of carbonyl (C=O) groups excluding carboxylic acids is 1. The van der Waals surface area contributed by atoms with Gasteiger partial charge in [-0.15, -0.1) is 24.0 Å². The lowest BCUT2D eigenvalue weighted by molar-refractivity contribution is -0.130. The van der Waals surface area contributed by atoms with Gasteiger partial charge in [0.15, 0.2) is 5.96 Å². The first kappa shape index (κ1) is 24.7. The standard InChI is InChI=1S/C21H34N4O2.HI/c1-3-7-17(11-13-26)14-23-21(22-4-2)24-15-20(27)25-12-10-18-8-5-6-9-19(18)16-25;/h5-6,8-9,17,26H,3-4,7,10-16H2,1-2H3,(H2,22,23,24);1H. The molecule has 6 nitrogen and oxygen atoms in total. The molecule has 1 heterocycles. The smallest absolute Gasteiger partial charge is 0.244 e. The molecule has 1 unspecified atom stereocenters. The van der Waals surface area contributed by atoms with Gasteiger partial charge >= 0.3 is 0 Å². The number of rotatable bonds is 9. The minimum atomic E-state index is 0. The van der Waals surface area contributed by atoms with Crippen molar-refractivity contribution in [2.24, 2.45) is 10.9 Å². The number of nitrogens with zero attached hydrogens (tertiary/aromatic N) is 2. The van der Waals surface area contributed by atoms with Crippen molar-refractivity contribution in [2.45, 2.75) is 46.1 Å². The summed E-state index contributed by atoms with van der Waals surface area (Å²) < 4.78 is 0. The Labute approximate surface area is 186 Å². The number of hydrogen-bond donors (Lipinski definition) is 3. The van der Waals surface area contributed by atoms with Crippen LogP contribution >= 0.6 is 24.0 Å². The molecule has 0 fully saturated rings. The number of nitrogens with one attached hydrogen (secondary N) is 2. The van der Waals surface area contributed by atoms with Gasteiger partial charge in [0.2, 0.25) is 5.91 Å². The Morgan fingerprint density at radius 1 is 1.21 bits per heavy atom. The van der Waals surface area contributed by atoms with Gasteiger partial charge < -0.3 is 20.6 Å². The lowest BCUT2D eigenvalue weighted by Gasteiger charge is -2.28. The van der Waals surface area contributed by atoms with E-state index in [1.165, 1.54) is 11.1 Å². The summed E-state index contributed by atoms with van der Waals surface area (Å²) in [7, 11) is 0. The number of benzene rings is 1. The van der Waals surface area contributed by atoms with Crippen LogP contribution in [0.3, 0.4) is 0 Å². The number of aliphatic hydroxyl groups is 1. The molecule has 1 aliphatic heterocycles. The number of halogens is 1. The van der Waals surface area contributed by atoms with E-state index in [-0.39, 0.29) is 43.0 Å². The second-order valence-corrected chi connectivity index (χ2v) is 7.08. The summed E-state index contributed by atoms with van der Waals surface area (Å²) >= 11 is 0. The molecule has 0 saturated carbocycles. The molecular formula is C21H35IN4O2. The number of amides is 1. The van der Waals surface area contributed by atoms with Gasteiger partial charge in [0.25, 0.3) is 0 Å². The van der Waals surface area contributed by atoms with Gasteiger partial charge in [-0.05, 0) is 43.2 Å². The predicted molar refractivity (Wildman–Crippen MR) is 125 cm³/mol. The van der Waals surface area contributed by atoms with E-state index >= 15 is 0 Å². The maximum Gasteiger partial charge on any atom is 0.244 e. The molecule has 1 aromatic rings. The van der Waals surface area contributed by atoms with Gasteiger partial charge in [-0.25, -0.2) is 4.99 Å². The minimum Gasteiger partial charge on any atom is -0.396 e. The van der Waals surface area contributed by atoms with Crippen LogP contribution in [-0.2, 0) is 17.8 Å². The Morgan fingerprint density at radius 3 is 2.64 bits per heavy atom. The molecule has 1 atom stereocenters. The fourth-order valence-corrected chi connectivity index (χ4v) is 3.48. The average Bonchev–Trinajstić information content (AvgIpc) is 2.69. The summed E-state index contributed by atoms with van der Waals surface area (Å²) in [6.45, 7) is 7.44. The van der Waals surface area contributed by atoms with Crippen molar-refractivity contribution in [1.29, 1.82) is 0 Å². The topological polar surface area (TPSA) is 77.0 Å². The first-order chi connectivity index (χ1) is 13.2. The monoisotopic (exact) mass is 502 g/mol. The van der Waals surface area contributed by atoms with Crippen molar-refractivity contribution in [2.75, 3.05) is 32.8 Å². The van der Waals surface area contributed by atoms with Crippen molar-refractivity contribution in [1.82, 2.24) is 15.5 Å². The summed E-state index contributed by atoms with van der Waals surface area (Å²) in [5, 5.41) is 15.7. The van der Waals surface area contributed by atoms with Crippen LogP contribution < -0.4 is 10.6 Å².